The van der Waals surface area contributed by atoms with E-state index in [0.717, 1.165) is 23.0 Å². The quantitative estimate of drug-likeness (QED) is 0.891. The lowest BCUT2D eigenvalue weighted by Gasteiger charge is -2.39. The van der Waals surface area contributed by atoms with Crippen LogP contribution in [0.2, 0.25) is 0 Å². The van der Waals surface area contributed by atoms with Crippen LogP contribution in [0.3, 0.4) is 0 Å². The van der Waals surface area contributed by atoms with Crippen LogP contribution in [0.15, 0.2) is 15.9 Å². The van der Waals surface area contributed by atoms with Crippen LogP contribution >= 0.6 is 27.3 Å². The Bertz CT molecular complexity index is 385. The molecule has 1 aromatic heterocycles. The molecule has 0 saturated heterocycles. The topological polar surface area (TPSA) is 49.5 Å². The van der Waals surface area contributed by atoms with E-state index in [9.17, 15) is 5.11 Å². The van der Waals surface area contributed by atoms with Crippen molar-refractivity contribution in [3.05, 3.63) is 20.8 Å². The van der Waals surface area contributed by atoms with Gasteiger partial charge in [-0.05, 0) is 48.0 Å². The van der Waals surface area contributed by atoms with Crippen molar-refractivity contribution >= 4 is 27.3 Å². The summed E-state index contributed by atoms with van der Waals surface area (Å²) in [5.41, 5.74) is 5.94. The van der Waals surface area contributed by atoms with E-state index >= 15 is 0 Å². The summed E-state index contributed by atoms with van der Waals surface area (Å²) in [6, 6.07) is 4.64. The van der Waals surface area contributed by atoms with Gasteiger partial charge in [-0.2, -0.15) is 0 Å². The molecular weight excluding hydrogens is 312 g/mol. The van der Waals surface area contributed by atoms with Gasteiger partial charge in [0.05, 0.1) is 15.9 Å². The van der Waals surface area contributed by atoms with Crippen molar-refractivity contribution < 1.29 is 5.11 Å². The summed E-state index contributed by atoms with van der Waals surface area (Å²) in [4.78, 5) is 3.53. The predicted octanol–water partition coefficient (Wildman–Crippen LogP) is 2.75. The second-order valence-corrected chi connectivity index (χ2v) is 7.47. The average Bonchev–Trinajstić information content (AvgIpc) is 2.77. The largest absolute Gasteiger partial charge is 0.391 e. The van der Waals surface area contributed by atoms with Crippen LogP contribution in [0.25, 0.3) is 0 Å². The smallest absolute Gasteiger partial charge is 0.0702 e. The van der Waals surface area contributed by atoms with Crippen LogP contribution in [0.5, 0.6) is 0 Å². The first-order chi connectivity index (χ1) is 8.63. The molecule has 0 radical (unpaired) electrons. The molecule has 5 heteroatoms. The lowest BCUT2D eigenvalue weighted by atomic mass is 9.90. The van der Waals surface area contributed by atoms with Gasteiger partial charge in [-0.15, -0.1) is 11.3 Å². The molecule has 0 amide bonds. The van der Waals surface area contributed by atoms with Gasteiger partial charge in [0, 0.05) is 17.5 Å². The highest BCUT2D eigenvalue weighted by atomic mass is 79.9. The first kappa shape index (κ1) is 14.5. The van der Waals surface area contributed by atoms with Gasteiger partial charge in [0.2, 0.25) is 0 Å². The lowest BCUT2D eigenvalue weighted by Crippen LogP contribution is -2.46. The fourth-order valence-corrected chi connectivity index (χ4v) is 4.38. The van der Waals surface area contributed by atoms with E-state index in [0.29, 0.717) is 6.54 Å². The third kappa shape index (κ3) is 3.14. The Balaban J connectivity index is 2.11. The maximum absolute atomic E-state index is 10.1. The van der Waals surface area contributed by atoms with Crippen LogP contribution in [0.4, 0.5) is 0 Å². The number of nitrogens with two attached hydrogens (primary N) is 1. The zero-order valence-corrected chi connectivity index (χ0v) is 13.1. The van der Waals surface area contributed by atoms with Gasteiger partial charge in [-0.3, -0.25) is 4.90 Å². The summed E-state index contributed by atoms with van der Waals surface area (Å²) in [6.07, 6.45) is 4.13. The Morgan fingerprint density at radius 1 is 1.50 bits per heavy atom. The minimum Gasteiger partial charge on any atom is -0.391 e. The molecule has 1 saturated carbocycles. The number of nitrogens with zero attached hydrogens (tertiary/aromatic N) is 1. The van der Waals surface area contributed by atoms with E-state index in [-0.39, 0.29) is 18.2 Å². The fraction of sp³-hybridized carbons (Fsp3) is 0.692. The molecule has 0 spiro atoms. The normalized spacial score (nSPS) is 26.5. The van der Waals surface area contributed by atoms with Gasteiger partial charge in [0.15, 0.2) is 0 Å². The molecule has 18 heavy (non-hydrogen) atoms. The second kappa shape index (κ2) is 6.48. The fourth-order valence-electron chi connectivity index (χ4n) is 2.79. The molecule has 0 bridgehead atoms. The summed E-state index contributed by atoms with van der Waals surface area (Å²) in [7, 11) is 2.09. The standard InChI is InChI=1S/C13H21BrN2OS/c1-16(9-4-2-3-5-11(9)17)10(8-15)12-6-7-13(14)18-12/h6-7,9-11,17H,2-5,8,15H2,1H3. The molecule has 1 aliphatic carbocycles. The first-order valence-corrected chi connectivity index (χ1v) is 8.09. The number of hydrogen-bond donors (Lipinski definition) is 2. The molecule has 102 valence electrons. The molecular formula is C13H21BrN2OS. The summed E-state index contributed by atoms with van der Waals surface area (Å²) in [5, 5.41) is 10.1. The minimum atomic E-state index is -0.207. The van der Waals surface area contributed by atoms with E-state index in [1.54, 1.807) is 11.3 Å². The van der Waals surface area contributed by atoms with Gasteiger partial charge in [-0.1, -0.05) is 12.8 Å². The summed E-state index contributed by atoms with van der Waals surface area (Å²) >= 11 is 5.22. The van der Waals surface area contributed by atoms with Gasteiger partial charge in [0.25, 0.3) is 0 Å². The van der Waals surface area contributed by atoms with E-state index in [1.807, 2.05) is 0 Å². The molecule has 1 fully saturated rings. The van der Waals surface area contributed by atoms with Gasteiger partial charge < -0.3 is 10.8 Å². The van der Waals surface area contributed by atoms with Crippen molar-refractivity contribution in [3.63, 3.8) is 0 Å². The highest BCUT2D eigenvalue weighted by Gasteiger charge is 2.31. The van der Waals surface area contributed by atoms with Crippen molar-refractivity contribution in [1.82, 2.24) is 4.90 Å². The van der Waals surface area contributed by atoms with Crippen molar-refractivity contribution in [3.8, 4) is 0 Å². The van der Waals surface area contributed by atoms with E-state index < -0.39 is 0 Å². The average molecular weight is 333 g/mol. The molecule has 2 rings (SSSR count). The van der Waals surface area contributed by atoms with Crippen molar-refractivity contribution in [2.45, 2.75) is 43.9 Å². The zero-order valence-electron chi connectivity index (χ0n) is 10.7. The Hall–Kier alpha value is 0.0600. The predicted molar refractivity (Wildman–Crippen MR) is 79.8 cm³/mol. The highest BCUT2D eigenvalue weighted by molar-refractivity contribution is 9.11. The summed E-state index contributed by atoms with van der Waals surface area (Å²) in [5.74, 6) is 0. The third-order valence-electron chi connectivity index (χ3n) is 3.85. The summed E-state index contributed by atoms with van der Waals surface area (Å²) in [6.45, 7) is 0.590. The van der Waals surface area contributed by atoms with Crippen molar-refractivity contribution in [2.75, 3.05) is 13.6 Å². The van der Waals surface area contributed by atoms with Crippen LogP contribution < -0.4 is 5.73 Å². The van der Waals surface area contributed by atoms with E-state index in [2.05, 4.69) is 40.0 Å². The molecule has 1 aliphatic rings. The van der Waals surface area contributed by atoms with Crippen molar-refractivity contribution in [1.29, 1.82) is 0 Å². The van der Waals surface area contributed by atoms with Gasteiger partial charge >= 0.3 is 0 Å². The van der Waals surface area contributed by atoms with Crippen LogP contribution in [0.1, 0.15) is 36.6 Å². The molecule has 1 aromatic rings. The number of aliphatic hydroxyl groups excluding tert-OH is 1. The molecule has 3 nitrogen and oxygen atoms in total. The maximum Gasteiger partial charge on any atom is 0.0702 e. The number of aliphatic hydroxyl groups is 1. The van der Waals surface area contributed by atoms with Gasteiger partial charge in [-0.25, -0.2) is 0 Å². The van der Waals surface area contributed by atoms with Gasteiger partial charge in [0.1, 0.15) is 0 Å². The van der Waals surface area contributed by atoms with Crippen LogP contribution in [-0.4, -0.2) is 35.7 Å². The minimum absolute atomic E-state index is 0.207. The Kier molecular flexibility index (Phi) is 5.21. The maximum atomic E-state index is 10.1. The number of hydrogen-bond acceptors (Lipinski definition) is 4. The first-order valence-electron chi connectivity index (χ1n) is 6.48. The third-order valence-corrected chi connectivity index (χ3v) is 5.58. The zero-order chi connectivity index (χ0) is 13.1. The van der Waals surface area contributed by atoms with E-state index in [1.165, 1.54) is 11.3 Å². The highest BCUT2D eigenvalue weighted by Crippen LogP contribution is 2.33. The van der Waals surface area contributed by atoms with Crippen LogP contribution in [0, 0.1) is 0 Å². The van der Waals surface area contributed by atoms with Crippen LogP contribution in [-0.2, 0) is 0 Å². The number of likely N-dealkylation sites (N-methyl/N-ethyl adjacent to an activating group) is 1. The molecule has 3 atom stereocenters. The second-order valence-electron chi connectivity index (χ2n) is 4.98. The SMILES string of the molecule is CN(C(CN)c1ccc(Br)s1)C1CCCCC1O. The monoisotopic (exact) mass is 332 g/mol. The molecule has 3 unspecified atom stereocenters. The van der Waals surface area contributed by atoms with E-state index in [4.69, 9.17) is 5.73 Å². The molecule has 0 aliphatic heterocycles. The lowest BCUT2D eigenvalue weighted by molar-refractivity contribution is 0.0144. The number of rotatable bonds is 4. The molecule has 3 N–H and O–H groups in total. The number of halogens is 1. The Morgan fingerprint density at radius 3 is 2.78 bits per heavy atom. The number of thiophene rings is 1. The van der Waals surface area contributed by atoms with Crippen molar-refractivity contribution in [2.24, 2.45) is 5.73 Å². The molecule has 0 aromatic carbocycles. The summed E-state index contributed by atoms with van der Waals surface area (Å²) < 4.78 is 1.13. The Labute approximate surface area is 121 Å². The molecule has 1 heterocycles. The Morgan fingerprint density at radius 2 is 2.22 bits per heavy atom.